The minimum Gasteiger partial charge on any atom is -0.349 e. The number of nitrogens with zero attached hydrogens (tertiary/aromatic N) is 1. The maximum Gasteiger partial charge on any atom is 0.224 e. The summed E-state index contributed by atoms with van der Waals surface area (Å²) in [6.45, 7) is 2.56. The summed E-state index contributed by atoms with van der Waals surface area (Å²) in [4.78, 5) is 13.0. The Hall–Kier alpha value is -1.60. The van der Waals surface area contributed by atoms with Gasteiger partial charge in [-0.25, -0.2) is 12.7 Å². The molecule has 0 radical (unpaired) electrons. The lowest BCUT2D eigenvalue weighted by molar-refractivity contribution is -0.126. The Morgan fingerprint density at radius 2 is 1.79 bits per heavy atom. The van der Waals surface area contributed by atoms with E-state index in [2.05, 4.69) is 23.5 Å². The van der Waals surface area contributed by atoms with Crippen LogP contribution in [0.15, 0.2) is 36.4 Å². The van der Waals surface area contributed by atoms with Crippen LogP contribution in [-0.2, 0) is 33.4 Å². The average molecular weight is 509 g/mol. The number of aryl methyl sites for hydroxylation is 2. The molecule has 1 saturated heterocycles. The maximum absolute atomic E-state index is 13.1. The van der Waals surface area contributed by atoms with Crippen LogP contribution in [0.2, 0.25) is 10.0 Å². The monoisotopic (exact) mass is 508 g/mol. The summed E-state index contributed by atoms with van der Waals surface area (Å²) in [7, 11) is -3.65. The summed E-state index contributed by atoms with van der Waals surface area (Å²) in [5.41, 5.74) is 4.29. The molecule has 1 fully saturated rings. The molecule has 2 aromatic carbocycles. The number of amides is 1. The molecule has 2 aromatic rings. The van der Waals surface area contributed by atoms with E-state index in [1.807, 2.05) is 6.92 Å². The zero-order chi connectivity index (χ0) is 23.6. The van der Waals surface area contributed by atoms with Crippen molar-refractivity contribution in [3.05, 3.63) is 68.7 Å². The van der Waals surface area contributed by atoms with E-state index in [-0.39, 0.29) is 30.2 Å². The van der Waals surface area contributed by atoms with Gasteiger partial charge in [0.15, 0.2) is 0 Å². The quantitative estimate of drug-likeness (QED) is 0.576. The summed E-state index contributed by atoms with van der Waals surface area (Å²) >= 11 is 12.4. The van der Waals surface area contributed by atoms with Crippen LogP contribution in [0.4, 0.5) is 0 Å². The molecule has 0 saturated carbocycles. The molecule has 1 heterocycles. The van der Waals surface area contributed by atoms with Gasteiger partial charge in [0, 0.05) is 28.7 Å². The van der Waals surface area contributed by atoms with E-state index >= 15 is 0 Å². The first-order valence-electron chi connectivity index (χ1n) is 11.6. The first kappa shape index (κ1) is 24.5. The van der Waals surface area contributed by atoms with Crippen molar-refractivity contribution in [3.63, 3.8) is 0 Å². The van der Waals surface area contributed by atoms with Crippen molar-refractivity contribution in [3.8, 4) is 0 Å². The number of nitrogens with one attached hydrogen (secondary N) is 1. The third-order valence-corrected chi connectivity index (χ3v) is 9.25. The second kappa shape index (κ2) is 10.3. The molecule has 5 nitrogen and oxygen atoms in total. The third-order valence-electron chi connectivity index (χ3n) is 6.77. The highest BCUT2D eigenvalue weighted by Crippen LogP contribution is 2.30. The molecule has 1 aliphatic carbocycles. The average Bonchev–Trinajstić information content (AvgIpc) is 2.81. The molecule has 33 heavy (non-hydrogen) atoms. The fourth-order valence-electron chi connectivity index (χ4n) is 4.79. The molecule has 0 spiro atoms. The SMILES string of the molecule is C[C@H](NC(=O)[C@H]1CCCN(S(=O)(=O)Cc2c(Cl)cccc2Cl)C1)c1ccc2c(c1)CCCC2. The summed E-state index contributed by atoms with van der Waals surface area (Å²) in [6, 6.07) is 11.3. The Morgan fingerprint density at radius 1 is 1.09 bits per heavy atom. The second-order valence-corrected chi connectivity index (χ2v) is 11.9. The molecule has 8 heteroatoms. The Kier molecular flexibility index (Phi) is 7.69. The van der Waals surface area contributed by atoms with Gasteiger partial charge in [-0.15, -0.1) is 0 Å². The molecule has 0 bridgehead atoms. The molecule has 0 unspecified atom stereocenters. The van der Waals surface area contributed by atoms with Crippen LogP contribution in [0.25, 0.3) is 0 Å². The van der Waals surface area contributed by atoms with E-state index in [9.17, 15) is 13.2 Å². The van der Waals surface area contributed by atoms with Crippen LogP contribution in [0.5, 0.6) is 0 Å². The highest BCUT2D eigenvalue weighted by Gasteiger charge is 2.33. The minimum atomic E-state index is -3.65. The third kappa shape index (κ3) is 5.73. The normalized spacial score (nSPS) is 20.2. The molecule has 2 atom stereocenters. The molecular formula is C25H30Cl2N2O3S. The molecule has 2 aliphatic rings. The van der Waals surface area contributed by atoms with Crippen molar-refractivity contribution < 1.29 is 13.2 Å². The topological polar surface area (TPSA) is 66.5 Å². The van der Waals surface area contributed by atoms with Crippen molar-refractivity contribution in [1.29, 1.82) is 0 Å². The molecule has 178 valence electrons. The maximum atomic E-state index is 13.1. The van der Waals surface area contributed by atoms with Crippen LogP contribution < -0.4 is 5.32 Å². The number of benzene rings is 2. The summed E-state index contributed by atoms with van der Waals surface area (Å²) in [5, 5.41) is 3.77. The fraction of sp³-hybridized carbons (Fsp3) is 0.480. The highest BCUT2D eigenvalue weighted by molar-refractivity contribution is 7.88. The molecule has 1 aliphatic heterocycles. The van der Waals surface area contributed by atoms with E-state index in [1.165, 1.54) is 28.3 Å². The molecule has 1 N–H and O–H groups in total. The number of carbonyl (C=O) groups excluding carboxylic acids is 1. The van der Waals surface area contributed by atoms with Gasteiger partial charge in [-0.3, -0.25) is 4.79 Å². The van der Waals surface area contributed by atoms with Crippen LogP contribution in [0, 0.1) is 5.92 Å². The predicted molar refractivity (Wildman–Crippen MR) is 133 cm³/mol. The van der Waals surface area contributed by atoms with Gasteiger partial charge in [0.1, 0.15) is 0 Å². The van der Waals surface area contributed by atoms with E-state index in [4.69, 9.17) is 23.2 Å². The number of rotatable bonds is 6. The standard InChI is InChI=1S/C25H30Cl2N2O3S/c1-17(19-12-11-18-6-2-3-7-20(18)14-19)28-25(30)21-8-5-13-29(15-21)33(31,32)16-22-23(26)9-4-10-24(22)27/h4,9-12,14,17,21H,2-3,5-8,13,15-16H2,1H3,(H,28,30)/t17-,21-/m0/s1. The second-order valence-electron chi connectivity index (χ2n) is 9.12. The predicted octanol–water partition coefficient (Wildman–Crippen LogP) is 5.29. The summed E-state index contributed by atoms with van der Waals surface area (Å²) < 4.78 is 27.6. The lowest BCUT2D eigenvalue weighted by atomic mass is 9.89. The lowest BCUT2D eigenvalue weighted by Gasteiger charge is -2.32. The largest absolute Gasteiger partial charge is 0.349 e. The van der Waals surface area contributed by atoms with Crippen LogP contribution >= 0.6 is 23.2 Å². The first-order chi connectivity index (χ1) is 15.7. The molecule has 1 amide bonds. The lowest BCUT2D eigenvalue weighted by Crippen LogP contribution is -2.46. The highest BCUT2D eigenvalue weighted by atomic mass is 35.5. The number of fused-ring (bicyclic) bond motifs is 1. The number of sulfonamides is 1. The number of halogens is 2. The van der Waals surface area contributed by atoms with Gasteiger partial charge in [-0.1, -0.05) is 47.5 Å². The van der Waals surface area contributed by atoms with Crippen molar-refractivity contribution in [1.82, 2.24) is 9.62 Å². The van der Waals surface area contributed by atoms with Gasteiger partial charge in [0.25, 0.3) is 0 Å². The number of carbonyl (C=O) groups is 1. The van der Waals surface area contributed by atoms with Gasteiger partial charge in [-0.2, -0.15) is 0 Å². The van der Waals surface area contributed by atoms with E-state index in [1.54, 1.807) is 18.2 Å². The van der Waals surface area contributed by atoms with Gasteiger partial charge >= 0.3 is 0 Å². The van der Waals surface area contributed by atoms with E-state index in [0.717, 1.165) is 18.4 Å². The van der Waals surface area contributed by atoms with Gasteiger partial charge in [0.05, 0.1) is 17.7 Å². The van der Waals surface area contributed by atoms with Gasteiger partial charge < -0.3 is 5.32 Å². The Bertz CT molecular complexity index is 1120. The van der Waals surface area contributed by atoms with Crippen molar-refractivity contribution in [2.45, 2.75) is 57.2 Å². The van der Waals surface area contributed by atoms with Gasteiger partial charge in [0.2, 0.25) is 15.9 Å². The molecule has 0 aromatic heterocycles. The van der Waals surface area contributed by atoms with Gasteiger partial charge in [-0.05, 0) is 74.3 Å². The smallest absolute Gasteiger partial charge is 0.224 e. The Morgan fingerprint density at radius 3 is 2.52 bits per heavy atom. The zero-order valence-corrected chi connectivity index (χ0v) is 21.1. The summed E-state index contributed by atoms with van der Waals surface area (Å²) in [6.07, 6.45) is 5.98. The van der Waals surface area contributed by atoms with E-state index < -0.39 is 10.0 Å². The van der Waals surface area contributed by atoms with Crippen molar-refractivity contribution >= 4 is 39.1 Å². The minimum absolute atomic E-state index is 0.101. The zero-order valence-electron chi connectivity index (χ0n) is 18.8. The molecule has 4 rings (SSSR count). The van der Waals surface area contributed by atoms with Crippen LogP contribution in [0.1, 0.15) is 60.9 Å². The van der Waals surface area contributed by atoms with Crippen molar-refractivity contribution in [2.24, 2.45) is 5.92 Å². The first-order valence-corrected chi connectivity index (χ1v) is 13.9. The van der Waals surface area contributed by atoms with Crippen LogP contribution in [0.3, 0.4) is 0 Å². The molecular weight excluding hydrogens is 479 g/mol. The summed E-state index contributed by atoms with van der Waals surface area (Å²) in [5.74, 6) is -0.753. The van der Waals surface area contributed by atoms with Crippen LogP contribution in [-0.4, -0.2) is 31.7 Å². The number of piperidine rings is 1. The Labute approximate surface area is 206 Å². The van der Waals surface area contributed by atoms with Crippen molar-refractivity contribution in [2.75, 3.05) is 13.1 Å². The fourth-order valence-corrected chi connectivity index (χ4v) is 7.15. The number of hydrogen-bond acceptors (Lipinski definition) is 3. The number of hydrogen-bond donors (Lipinski definition) is 1. The van der Waals surface area contributed by atoms with E-state index in [0.29, 0.717) is 35.0 Å². The Balaban J connectivity index is 1.41.